The van der Waals surface area contributed by atoms with Crippen LogP contribution in [-0.4, -0.2) is 0 Å². The minimum atomic E-state index is 0.199. The molecule has 0 radical (unpaired) electrons. The summed E-state index contributed by atoms with van der Waals surface area (Å²) in [5.41, 5.74) is 7.48. The molecule has 0 fully saturated rings. The van der Waals surface area contributed by atoms with Gasteiger partial charge >= 0.3 is 0 Å². The minimum absolute atomic E-state index is 0.199. The summed E-state index contributed by atoms with van der Waals surface area (Å²) < 4.78 is 1.27. The average molecular weight is 317 g/mol. The molecule has 0 saturated carbocycles. The maximum absolute atomic E-state index is 6.21. The maximum Gasteiger partial charge on any atom is 0.0297 e. The normalized spacial score (nSPS) is 13.1. The molecule has 0 heterocycles. The Bertz CT molecular complexity index is 294. The molecule has 0 aromatic heterocycles. The van der Waals surface area contributed by atoms with Crippen LogP contribution in [0, 0.1) is 9.49 Å². The van der Waals surface area contributed by atoms with Crippen molar-refractivity contribution in [3.05, 3.63) is 33.4 Å². The monoisotopic (exact) mass is 317 g/mol. The zero-order chi connectivity index (χ0) is 11.3. The number of hydrogen-bond acceptors (Lipinski definition) is 1. The van der Waals surface area contributed by atoms with Crippen molar-refractivity contribution in [1.82, 2.24) is 0 Å². The summed E-state index contributed by atoms with van der Waals surface area (Å²) in [7, 11) is 0. The highest BCUT2D eigenvalue weighted by atomic mass is 127. The predicted molar refractivity (Wildman–Crippen MR) is 74.8 cm³/mol. The smallest absolute Gasteiger partial charge is 0.0297 e. The molecule has 84 valence electrons. The Morgan fingerprint density at radius 1 is 1.27 bits per heavy atom. The van der Waals surface area contributed by atoms with Crippen LogP contribution >= 0.6 is 22.6 Å². The van der Waals surface area contributed by atoms with Crippen LogP contribution in [-0.2, 0) is 0 Å². The molecule has 1 atom stereocenters. The molecular weight excluding hydrogens is 297 g/mol. The van der Waals surface area contributed by atoms with Gasteiger partial charge in [0.1, 0.15) is 0 Å². The van der Waals surface area contributed by atoms with Crippen LogP contribution in [0.5, 0.6) is 0 Å². The zero-order valence-corrected chi connectivity index (χ0v) is 11.7. The molecule has 2 N–H and O–H groups in total. The van der Waals surface area contributed by atoms with E-state index in [-0.39, 0.29) is 6.04 Å². The van der Waals surface area contributed by atoms with Gasteiger partial charge < -0.3 is 5.73 Å². The van der Waals surface area contributed by atoms with Crippen LogP contribution < -0.4 is 5.73 Å². The molecule has 2 heteroatoms. The third kappa shape index (κ3) is 4.11. The molecule has 0 bridgehead atoms. The van der Waals surface area contributed by atoms with E-state index in [0.29, 0.717) is 0 Å². The second kappa shape index (κ2) is 6.48. The summed E-state index contributed by atoms with van der Waals surface area (Å²) in [6, 6.07) is 8.71. The van der Waals surface area contributed by atoms with Gasteiger partial charge in [-0.3, -0.25) is 0 Å². The number of hydrogen-bond donors (Lipinski definition) is 1. The van der Waals surface area contributed by atoms with Gasteiger partial charge in [-0.15, -0.1) is 0 Å². The highest BCUT2D eigenvalue weighted by Gasteiger charge is 2.11. The van der Waals surface area contributed by atoms with Gasteiger partial charge in [0.25, 0.3) is 0 Å². The number of benzene rings is 1. The van der Waals surface area contributed by atoms with Crippen molar-refractivity contribution < 1.29 is 0 Å². The van der Waals surface area contributed by atoms with E-state index in [2.05, 4.69) is 60.7 Å². The Morgan fingerprint density at radius 2 is 1.93 bits per heavy atom. The molecule has 1 nitrogen and oxygen atoms in total. The number of halogens is 1. The van der Waals surface area contributed by atoms with E-state index in [0.717, 1.165) is 12.3 Å². The Balaban J connectivity index is 2.64. The van der Waals surface area contributed by atoms with Crippen molar-refractivity contribution >= 4 is 22.6 Å². The predicted octanol–water partition coefficient (Wildman–Crippen LogP) is 4.12. The SMILES string of the molecule is CCC(CC)CC(N)c1cccc(I)c1. The summed E-state index contributed by atoms with van der Waals surface area (Å²) in [5.74, 6) is 0.762. The van der Waals surface area contributed by atoms with Crippen molar-refractivity contribution in [3.8, 4) is 0 Å². The van der Waals surface area contributed by atoms with E-state index in [1.54, 1.807) is 0 Å². The van der Waals surface area contributed by atoms with E-state index in [1.807, 2.05) is 0 Å². The van der Waals surface area contributed by atoms with E-state index in [4.69, 9.17) is 5.73 Å². The lowest BCUT2D eigenvalue weighted by Gasteiger charge is -2.18. The largest absolute Gasteiger partial charge is 0.324 e. The van der Waals surface area contributed by atoms with Crippen LogP contribution in [0.25, 0.3) is 0 Å². The van der Waals surface area contributed by atoms with Crippen molar-refractivity contribution in [1.29, 1.82) is 0 Å². The molecule has 0 saturated heterocycles. The van der Waals surface area contributed by atoms with Gasteiger partial charge in [-0.1, -0.05) is 38.8 Å². The van der Waals surface area contributed by atoms with Gasteiger partial charge in [0.15, 0.2) is 0 Å². The molecule has 0 aliphatic carbocycles. The van der Waals surface area contributed by atoms with Crippen LogP contribution in [0.1, 0.15) is 44.7 Å². The summed E-state index contributed by atoms with van der Waals surface area (Å²) >= 11 is 2.34. The van der Waals surface area contributed by atoms with Crippen molar-refractivity contribution in [2.75, 3.05) is 0 Å². The second-order valence-electron chi connectivity index (χ2n) is 4.08. The van der Waals surface area contributed by atoms with Crippen molar-refractivity contribution in [2.45, 2.75) is 39.2 Å². The van der Waals surface area contributed by atoms with E-state index < -0.39 is 0 Å². The fourth-order valence-electron chi connectivity index (χ4n) is 1.85. The fraction of sp³-hybridized carbons (Fsp3) is 0.538. The Labute approximate surface area is 107 Å². The standard InChI is InChI=1S/C13H20IN/c1-3-10(4-2)8-13(15)11-6-5-7-12(14)9-11/h5-7,9-10,13H,3-4,8,15H2,1-2H3. The average Bonchev–Trinajstić information content (AvgIpc) is 2.25. The fourth-order valence-corrected chi connectivity index (χ4v) is 2.42. The van der Waals surface area contributed by atoms with E-state index in [9.17, 15) is 0 Å². The number of nitrogens with two attached hydrogens (primary N) is 1. The molecule has 15 heavy (non-hydrogen) atoms. The Hall–Kier alpha value is -0.0900. The molecule has 1 unspecified atom stereocenters. The molecule has 0 aliphatic heterocycles. The lowest BCUT2D eigenvalue weighted by atomic mass is 9.92. The molecule has 1 aromatic rings. The first-order valence-corrected chi connectivity index (χ1v) is 6.76. The van der Waals surface area contributed by atoms with E-state index in [1.165, 1.54) is 22.0 Å². The molecule has 0 spiro atoms. The van der Waals surface area contributed by atoms with Crippen LogP contribution in [0.2, 0.25) is 0 Å². The first-order valence-electron chi connectivity index (χ1n) is 5.68. The molecule has 1 aromatic carbocycles. The van der Waals surface area contributed by atoms with Gasteiger partial charge in [0, 0.05) is 9.61 Å². The summed E-state index contributed by atoms with van der Waals surface area (Å²) in [4.78, 5) is 0. The second-order valence-corrected chi connectivity index (χ2v) is 5.33. The van der Waals surface area contributed by atoms with Gasteiger partial charge in [0.2, 0.25) is 0 Å². The van der Waals surface area contributed by atoms with E-state index >= 15 is 0 Å². The zero-order valence-electron chi connectivity index (χ0n) is 9.54. The number of rotatable bonds is 5. The minimum Gasteiger partial charge on any atom is -0.324 e. The van der Waals surface area contributed by atoms with Crippen LogP contribution in [0.3, 0.4) is 0 Å². The summed E-state index contributed by atoms with van der Waals surface area (Å²) in [6.07, 6.45) is 3.56. The summed E-state index contributed by atoms with van der Waals surface area (Å²) in [6.45, 7) is 4.49. The first kappa shape index (κ1) is 13.0. The van der Waals surface area contributed by atoms with Crippen molar-refractivity contribution in [2.24, 2.45) is 11.7 Å². The summed E-state index contributed by atoms with van der Waals surface area (Å²) in [5, 5.41) is 0. The Morgan fingerprint density at radius 3 is 2.47 bits per heavy atom. The van der Waals surface area contributed by atoms with Crippen LogP contribution in [0.15, 0.2) is 24.3 Å². The topological polar surface area (TPSA) is 26.0 Å². The molecular formula is C13H20IN. The quantitative estimate of drug-likeness (QED) is 0.812. The lowest BCUT2D eigenvalue weighted by molar-refractivity contribution is 0.414. The van der Waals surface area contributed by atoms with Crippen LogP contribution in [0.4, 0.5) is 0 Å². The lowest BCUT2D eigenvalue weighted by Crippen LogP contribution is -2.15. The van der Waals surface area contributed by atoms with Gasteiger partial charge in [-0.25, -0.2) is 0 Å². The molecule has 1 rings (SSSR count). The maximum atomic E-state index is 6.21. The van der Waals surface area contributed by atoms with Gasteiger partial charge in [0.05, 0.1) is 0 Å². The molecule has 0 aliphatic rings. The van der Waals surface area contributed by atoms with Gasteiger partial charge in [-0.2, -0.15) is 0 Å². The molecule has 0 amide bonds. The third-order valence-corrected chi connectivity index (χ3v) is 3.69. The highest BCUT2D eigenvalue weighted by Crippen LogP contribution is 2.24. The Kier molecular flexibility index (Phi) is 5.61. The third-order valence-electron chi connectivity index (χ3n) is 3.02. The highest BCUT2D eigenvalue weighted by molar-refractivity contribution is 14.1. The van der Waals surface area contributed by atoms with Gasteiger partial charge in [-0.05, 0) is 52.6 Å². The first-order chi connectivity index (χ1) is 7.17. The van der Waals surface area contributed by atoms with Crippen molar-refractivity contribution in [3.63, 3.8) is 0 Å².